The summed E-state index contributed by atoms with van der Waals surface area (Å²) in [5.41, 5.74) is 2.39. The van der Waals surface area contributed by atoms with Gasteiger partial charge in [0.15, 0.2) is 0 Å². The summed E-state index contributed by atoms with van der Waals surface area (Å²) < 4.78 is 5.71. The first kappa shape index (κ1) is 11.1. The van der Waals surface area contributed by atoms with E-state index in [-0.39, 0.29) is 5.92 Å². The highest BCUT2D eigenvalue weighted by molar-refractivity contribution is 5.42. The summed E-state index contributed by atoms with van der Waals surface area (Å²) in [7, 11) is 0. The Labute approximate surface area is 112 Å². The first-order valence-electron chi connectivity index (χ1n) is 6.89. The lowest BCUT2D eigenvalue weighted by molar-refractivity contribution is 0.340. The largest absolute Gasteiger partial charge is 0.492 e. The fourth-order valence-corrected chi connectivity index (χ4v) is 2.57. The number of aromatic nitrogens is 2. The second-order valence-corrected chi connectivity index (χ2v) is 5.35. The van der Waals surface area contributed by atoms with Gasteiger partial charge in [-0.1, -0.05) is 18.2 Å². The van der Waals surface area contributed by atoms with Crippen LogP contribution in [0.5, 0.6) is 5.75 Å². The van der Waals surface area contributed by atoms with E-state index in [1.54, 1.807) is 0 Å². The van der Waals surface area contributed by atoms with Gasteiger partial charge in [-0.25, -0.2) is 4.98 Å². The van der Waals surface area contributed by atoms with E-state index in [4.69, 9.17) is 4.74 Å². The second-order valence-electron chi connectivity index (χ2n) is 5.35. The third-order valence-corrected chi connectivity index (χ3v) is 3.84. The molecule has 4 nitrogen and oxygen atoms in total. The van der Waals surface area contributed by atoms with Gasteiger partial charge in [0.1, 0.15) is 18.2 Å². The summed E-state index contributed by atoms with van der Waals surface area (Å²) in [6.45, 7) is 1.56. The van der Waals surface area contributed by atoms with Gasteiger partial charge in [-0.15, -0.1) is 0 Å². The van der Waals surface area contributed by atoms with E-state index in [9.17, 15) is 0 Å². The summed E-state index contributed by atoms with van der Waals surface area (Å²) in [5.74, 6) is 2.24. The van der Waals surface area contributed by atoms with Crippen molar-refractivity contribution >= 4 is 0 Å². The monoisotopic (exact) mass is 255 g/mol. The highest BCUT2D eigenvalue weighted by Gasteiger charge is 2.27. The average Bonchev–Trinajstić information content (AvgIpc) is 3.00. The van der Waals surface area contributed by atoms with Gasteiger partial charge in [0, 0.05) is 30.0 Å². The van der Waals surface area contributed by atoms with Gasteiger partial charge in [0.2, 0.25) is 0 Å². The molecular weight excluding hydrogens is 238 g/mol. The molecule has 0 bridgehead atoms. The molecule has 1 fully saturated rings. The third kappa shape index (κ3) is 2.12. The Bertz CT molecular complexity index is 589. The number of hydrogen-bond acceptors (Lipinski definition) is 3. The summed E-state index contributed by atoms with van der Waals surface area (Å²) >= 11 is 0. The zero-order valence-electron chi connectivity index (χ0n) is 10.7. The average molecular weight is 255 g/mol. The lowest BCUT2D eigenvalue weighted by atomic mass is 10.0. The normalized spacial score (nSPS) is 21.2. The maximum Gasteiger partial charge on any atom is 0.123 e. The van der Waals surface area contributed by atoms with Crippen molar-refractivity contribution in [2.75, 3.05) is 6.61 Å². The minimum absolute atomic E-state index is 0.242. The van der Waals surface area contributed by atoms with Crippen LogP contribution < -0.4 is 10.1 Å². The fraction of sp³-hybridized carbons (Fsp3) is 0.400. The molecule has 0 radical (unpaired) electrons. The predicted octanol–water partition coefficient (Wildman–Crippen LogP) is 2.19. The number of nitrogens with zero attached hydrogens (tertiary/aromatic N) is 1. The molecule has 98 valence electrons. The molecule has 2 aromatic rings. The second kappa shape index (κ2) is 4.38. The minimum atomic E-state index is 0.242. The molecule has 0 amide bonds. The molecule has 1 atom stereocenters. The zero-order valence-corrected chi connectivity index (χ0v) is 10.7. The molecule has 1 aromatic carbocycles. The number of benzene rings is 1. The van der Waals surface area contributed by atoms with E-state index in [1.807, 2.05) is 18.3 Å². The lowest BCUT2D eigenvalue weighted by Crippen LogP contribution is -2.15. The number of nitrogens with one attached hydrogen (secondary N) is 2. The van der Waals surface area contributed by atoms with Gasteiger partial charge in [0.05, 0.1) is 5.92 Å². The van der Waals surface area contributed by atoms with Gasteiger partial charge in [0.25, 0.3) is 0 Å². The molecule has 0 spiro atoms. The van der Waals surface area contributed by atoms with Crippen molar-refractivity contribution in [3.8, 4) is 5.75 Å². The maximum absolute atomic E-state index is 5.71. The van der Waals surface area contributed by atoms with Gasteiger partial charge >= 0.3 is 0 Å². The third-order valence-electron chi connectivity index (χ3n) is 3.84. The van der Waals surface area contributed by atoms with Gasteiger partial charge in [-0.3, -0.25) is 0 Å². The number of rotatable bonds is 4. The molecule has 1 saturated carbocycles. The van der Waals surface area contributed by atoms with Crippen LogP contribution in [0, 0.1) is 0 Å². The molecule has 2 N–H and O–H groups in total. The summed E-state index contributed by atoms with van der Waals surface area (Å²) in [5, 5.41) is 3.49. The Kier molecular flexibility index (Phi) is 2.55. The summed E-state index contributed by atoms with van der Waals surface area (Å²) in [6, 6.07) is 8.93. The quantitative estimate of drug-likeness (QED) is 0.880. The van der Waals surface area contributed by atoms with Crippen LogP contribution in [0.25, 0.3) is 0 Å². The van der Waals surface area contributed by atoms with E-state index < -0.39 is 0 Å². The molecule has 4 rings (SSSR count). The predicted molar refractivity (Wildman–Crippen MR) is 72.2 cm³/mol. The lowest BCUT2D eigenvalue weighted by Gasteiger charge is -2.05. The fourth-order valence-electron chi connectivity index (χ4n) is 2.57. The van der Waals surface area contributed by atoms with Crippen LogP contribution in [0.15, 0.2) is 30.5 Å². The SMILES string of the molecule is c1ccc2c(c1)OCC2c1ncc(CNC2CC2)[nH]1. The van der Waals surface area contributed by atoms with Crippen LogP contribution >= 0.6 is 0 Å². The van der Waals surface area contributed by atoms with E-state index in [2.05, 4.69) is 27.4 Å². The van der Waals surface area contributed by atoms with Crippen LogP contribution in [0.3, 0.4) is 0 Å². The van der Waals surface area contributed by atoms with E-state index in [0.29, 0.717) is 6.61 Å². The van der Waals surface area contributed by atoms with Crippen LogP contribution in [0.2, 0.25) is 0 Å². The van der Waals surface area contributed by atoms with Crippen molar-refractivity contribution in [3.05, 3.63) is 47.5 Å². The Hall–Kier alpha value is -1.81. The molecule has 1 aliphatic heterocycles. The number of para-hydroxylation sites is 1. The number of ether oxygens (including phenoxy) is 1. The van der Waals surface area contributed by atoms with Crippen molar-refractivity contribution in [2.24, 2.45) is 0 Å². The number of imidazole rings is 1. The molecule has 1 aromatic heterocycles. The minimum Gasteiger partial charge on any atom is -0.492 e. The summed E-state index contributed by atoms with van der Waals surface area (Å²) in [4.78, 5) is 7.95. The van der Waals surface area contributed by atoms with Crippen LogP contribution in [-0.4, -0.2) is 22.6 Å². The highest BCUT2D eigenvalue weighted by Crippen LogP contribution is 2.36. The molecule has 0 saturated heterocycles. The number of H-pyrrole nitrogens is 1. The van der Waals surface area contributed by atoms with Gasteiger partial charge in [-0.2, -0.15) is 0 Å². The van der Waals surface area contributed by atoms with E-state index in [1.165, 1.54) is 18.4 Å². The number of hydrogen-bond donors (Lipinski definition) is 2. The summed E-state index contributed by atoms with van der Waals surface area (Å²) in [6.07, 6.45) is 4.56. The van der Waals surface area contributed by atoms with Crippen molar-refractivity contribution < 1.29 is 4.74 Å². The van der Waals surface area contributed by atoms with Crippen molar-refractivity contribution in [1.82, 2.24) is 15.3 Å². The molecular formula is C15H17N3O. The number of aromatic amines is 1. The van der Waals surface area contributed by atoms with Crippen molar-refractivity contribution in [1.29, 1.82) is 0 Å². The smallest absolute Gasteiger partial charge is 0.123 e. The Morgan fingerprint density at radius 3 is 3.11 bits per heavy atom. The Morgan fingerprint density at radius 2 is 2.21 bits per heavy atom. The van der Waals surface area contributed by atoms with Crippen LogP contribution in [0.4, 0.5) is 0 Å². The highest BCUT2D eigenvalue weighted by atomic mass is 16.5. The first-order chi connectivity index (χ1) is 9.40. The van der Waals surface area contributed by atoms with Gasteiger partial charge < -0.3 is 15.0 Å². The van der Waals surface area contributed by atoms with E-state index >= 15 is 0 Å². The van der Waals surface area contributed by atoms with Crippen LogP contribution in [0.1, 0.15) is 35.8 Å². The molecule has 2 aliphatic rings. The van der Waals surface area contributed by atoms with Crippen LogP contribution in [-0.2, 0) is 6.54 Å². The first-order valence-corrected chi connectivity index (χ1v) is 6.89. The Balaban J connectivity index is 1.53. The Morgan fingerprint density at radius 1 is 1.32 bits per heavy atom. The molecule has 1 unspecified atom stereocenters. The van der Waals surface area contributed by atoms with Gasteiger partial charge in [-0.05, 0) is 18.9 Å². The van der Waals surface area contributed by atoms with E-state index in [0.717, 1.165) is 29.9 Å². The maximum atomic E-state index is 5.71. The molecule has 1 aliphatic carbocycles. The van der Waals surface area contributed by atoms with Crippen molar-refractivity contribution in [3.63, 3.8) is 0 Å². The van der Waals surface area contributed by atoms with Crippen molar-refractivity contribution in [2.45, 2.75) is 31.3 Å². The zero-order chi connectivity index (χ0) is 12.7. The molecule has 19 heavy (non-hydrogen) atoms. The number of fused-ring (bicyclic) bond motifs is 1. The topological polar surface area (TPSA) is 49.9 Å². The standard InChI is InChI=1S/C15H17N3O/c1-2-4-14-12(3-1)13(9-19-14)15-17-8-11(18-15)7-16-10-5-6-10/h1-4,8,10,13,16H,5-7,9H2,(H,17,18). The molecule has 4 heteroatoms. The molecule has 2 heterocycles.